The molecule has 0 aromatic heterocycles. The Bertz CT molecular complexity index is 989. The van der Waals surface area contributed by atoms with Crippen LogP contribution >= 0.6 is 0 Å². The first-order chi connectivity index (χ1) is 18.7. The number of hydrogen-bond donors (Lipinski definition) is 0. The van der Waals surface area contributed by atoms with E-state index in [1.807, 2.05) is 0 Å². The van der Waals surface area contributed by atoms with Gasteiger partial charge in [0, 0.05) is 30.6 Å². The van der Waals surface area contributed by atoms with Gasteiger partial charge < -0.3 is 14.2 Å². The maximum Gasteiger partial charge on any atom is 0.309 e. The molecule has 6 rings (SSSR count). The molecule has 14 unspecified atom stereocenters. The molecule has 0 radical (unpaired) electrons. The van der Waals surface area contributed by atoms with Crippen molar-refractivity contribution in [2.45, 2.75) is 97.2 Å². The quantitative estimate of drug-likeness (QED) is 0.234. The largest absolute Gasteiger partial charge is 0.469 e. The third kappa shape index (κ3) is 4.96. The molecule has 1 saturated heterocycles. The summed E-state index contributed by atoms with van der Waals surface area (Å²) in [6.45, 7) is 7.08. The van der Waals surface area contributed by atoms with Crippen molar-refractivity contribution in [3.05, 3.63) is 12.2 Å². The number of esters is 3. The molecule has 0 aromatic carbocycles. The maximum atomic E-state index is 13.7. The van der Waals surface area contributed by atoms with Gasteiger partial charge in [-0.15, -0.1) is 0 Å². The second-order valence-electron chi connectivity index (χ2n) is 14.2. The van der Waals surface area contributed by atoms with E-state index in [0.717, 1.165) is 44.9 Å². The lowest BCUT2D eigenvalue weighted by Gasteiger charge is -2.52. The van der Waals surface area contributed by atoms with Gasteiger partial charge in [-0.1, -0.05) is 32.9 Å². The predicted molar refractivity (Wildman–Crippen MR) is 146 cm³/mol. The van der Waals surface area contributed by atoms with Gasteiger partial charge in [0.1, 0.15) is 12.2 Å². The Balaban J connectivity index is 1.33. The Kier molecular flexibility index (Phi) is 7.60. The summed E-state index contributed by atoms with van der Waals surface area (Å²) in [5.74, 6) is 4.27. The average molecular weight is 541 g/mol. The molecule has 39 heavy (non-hydrogen) atoms. The second-order valence-corrected chi connectivity index (χ2v) is 14.2. The fraction of sp³-hybridized carbons (Fsp3) is 0.848. The number of allylic oxidation sites excluding steroid dienone is 2. The lowest BCUT2D eigenvalue weighted by molar-refractivity contribution is -0.198. The number of fused-ring (bicyclic) bond motifs is 7. The van der Waals surface area contributed by atoms with Gasteiger partial charge >= 0.3 is 17.9 Å². The molecule has 6 aliphatic rings. The third-order valence-electron chi connectivity index (χ3n) is 12.4. The lowest BCUT2D eigenvalue weighted by Crippen LogP contribution is -2.56. The molecule has 0 aromatic rings. The Labute approximate surface area is 234 Å². The van der Waals surface area contributed by atoms with Crippen molar-refractivity contribution in [2.24, 2.45) is 71.0 Å². The second kappa shape index (κ2) is 10.9. The van der Waals surface area contributed by atoms with Crippen LogP contribution in [0.25, 0.3) is 0 Å². The topological polar surface area (TPSA) is 78.9 Å². The van der Waals surface area contributed by atoms with Gasteiger partial charge in [0.05, 0.1) is 13.0 Å². The van der Waals surface area contributed by atoms with Gasteiger partial charge in [-0.2, -0.15) is 0 Å². The van der Waals surface area contributed by atoms with E-state index < -0.39 is 0 Å². The molecule has 5 aliphatic carbocycles. The zero-order chi connectivity index (χ0) is 27.4. The van der Waals surface area contributed by atoms with E-state index in [1.165, 1.54) is 13.5 Å². The van der Waals surface area contributed by atoms with E-state index in [1.54, 1.807) is 0 Å². The van der Waals surface area contributed by atoms with Crippen molar-refractivity contribution < 1.29 is 28.6 Å². The summed E-state index contributed by atoms with van der Waals surface area (Å²) in [5.41, 5.74) is 0. The minimum absolute atomic E-state index is 0.00173. The van der Waals surface area contributed by atoms with Crippen molar-refractivity contribution in [3.63, 3.8) is 0 Å². The average Bonchev–Trinajstić information content (AvgIpc) is 3.60. The van der Waals surface area contributed by atoms with Crippen LogP contribution in [-0.4, -0.2) is 37.2 Å². The maximum absolute atomic E-state index is 13.7. The first kappa shape index (κ1) is 27.3. The molecule has 0 spiro atoms. The van der Waals surface area contributed by atoms with Crippen molar-refractivity contribution in [2.75, 3.05) is 7.11 Å². The van der Waals surface area contributed by atoms with Crippen LogP contribution in [-0.2, 0) is 28.6 Å². The van der Waals surface area contributed by atoms with Crippen LogP contribution < -0.4 is 0 Å². The van der Waals surface area contributed by atoms with Gasteiger partial charge in [0.2, 0.25) is 0 Å². The minimum atomic E-state index is -0.163. The van der Waals surface area contributed by atoms with Crippen LogP contribution in [0, 0.1) is 71.0 Å². The first-order valence-corrected chi connectivity index (χ1v) is 15.9. The van der Waals surface area contributed by atoms with Gasteiger partial charge in [-0.3, -0.25) is 14.4 Å². The van der Waals surface area contributed by atoms with Crippen LogP contribution in [0.4, 0.5) is 0 Å². The molecule has 1 aliphatic heterocycles. The Hall–Kier alpha value is -1.85. The summed E-state index contributed by atoms with van der Waals surface area (Å²) in [6.07, 6.45) is 13.0. The molecule has 14 atom stereocenters. The Morgan fingerprint density at radius 2 is 1.85 bits per heavy atom. The normalized spacial score (nSPS) is 46.9. The predicted octanol–water partition coefficient (Wildman–Crippen LogP) is 5.98. The van der Waals surface area contributed by atoms with E-state index in [4.69, 9.17) is 14.2 Å². The number of ether oxygens (including phenoxy) is 3. The summed E-state index contributed by atoms with van der Waals surface area (Å²) in [7, 11) is 1.45. The summed E-state index contributed by atoms with van der Waals surface area (Å²) in [5, 5.41) is 0. The van der Waals surface area contributed by atoms with E-state index in [2.05, 4.69) is 32.9 Å². The number of rotatable bonds is 6. The molecule has 0 amide bonds. The molecule has 6 nitrogen and oxygen atoms in total. The molecule has 5 fully saturated rings. The number of methoxy groups -OCH3 is 1. The van der Waals surface area contributed by atoms with E-state index in [-0.39, 0.29) is 53.8 Å². The van der Waals surface area contributed by atoms with Gasteiger partial charge in [-0.05, 0) is 98.7 Å². The summed E-state index contributed by atoms with van der Waals surface area (Å²) in [4.78, 5) is 38.5. The monoisotopic (exact) mass is 540 g/mol. The third-order valence-corrected chi connectivity index (χ3v) is 12.4. The van der Waals surface area contributed by atoms with Gasteiger partial charge in [0.15, 0.2) is 0 Å². The molecule has 6 heteroatoms. The highest BCUT2D eigenvalue weighted by molar-refractivity contribution is 5.74. The molecule has 1 heterocycles. The standard InChI is InChI=1S/C33H48O6/c1-17(5-11-28(34)37-4)23-9-10-24-19(3)18(2)13-26(24)30-27(16-22-8-12-29(35)39-32(22)31(23)30)38-33(36)25-15-20-6-7-21(25)14-20/h6-7,17-27,30-32H,5,8-16H2,1-4H3. The van der Waals surface area contributed by atoms with Crippen molar-refractivity contribution in [1.82, 2.24) is 0 Å². The Morgan fingerprint density at radius 1 is 1.03 bits per heavy atom. The van der Waals surface area contributed by atoms with Crippen LogP contribution in [0.3, 0.4) is 0 Å². The Morgan fingerprint density at radius 3 is 2.56 bits per heavy atom. The summed E-state index contributed by atoms with van der Waals surface area (Å²) < 4.78 is 17.9. The fourth-order valence-electron chi connectivity index (χ4n) is 10.3. The number of carbonyl (C=O) groups excluding carboxylic acids is 3. The highest BCUT2D eigenvalue weighted by Crippen LogP contribution is 2.60. The highest BCUT2D eigenvalue weighted by atomic mass is 16.6. The van der Waals surface area contributed by atoms with Crippen molar-refractivity contribution in [1.29, 1.82) is 0 Å². The van der Waals surface area contributed by atoms with Crippen molar-refractivity contribution >= 4 is 17.9 Å². The zero-order valence-corrected chi connectivity index (χ0v) is 24.3. The van der Waals surface area contributed by atoms with E-state index in [9.17, 15) is 14.4 Å². The molecular formula is C33H48O6. The lowest BCUT2D eigenvalue weighted by atomic mass is 9.58. The SMILES string of the molecule is COC(=O)CCC(C)C1CCC2C(C)C(C)CC2C2C(OC(=O)C3CC4C=CC3C4)CC3CCC(=O)OC3C12. The van der Waals surface area contributed by atoms with Gasteiger partial charge in [-0.25, -0.2) is 0 Å². The van der Waals surface area contributed by atoms with Crippen LogP contribution in [0.1, 0.15) is 85.0 Å². The minimum Gasteiger partial charge on any atom is -0.469 e. The fourth-order valence-corrected chi connectivity index (χ4v) is 10.3. The number of hydrogen-bond acceptors (Lipinski definition) is 6. The molecule has 216 valence electrons. The van der Waals surface area contributed by atoms with Crippen LogP contribution in [0.2, 0.25) is 0 Å². The van der Waals surface area contributed by atoms with E-state index in [0.29, 0.717) is 60.2 Å². The smallest absolute Gasteiger partial charge is 0.309 e. The zero-order valence-electron chi connectivity index (χ0n) is 24.3. The molecular weight excluding hydrogens is 492 g/mol. The van der Waals surface area contributed by atoms with E-state index >= 15 is 0 Å². The van der Waals surface area contributed by atoms with Crippen LogP contribution in [0.15, 0.2) is 12.2 Å². The first-order valence-electron chi connectivity index (χ1n) is 15.9. The molecule has 2 bridgehead atoms. The summed E-state index contributed by atoms with van der Waals surface area (Å²) in [6, 6.07) is 0. The molecule has 0 N–H and O–H groups in total. The summed E-state index contributed by atoms with van der Waals surface area (Å²) >= 11 is 0. The molecule has 4 saturated carbocycles. The van der Waals surface area contributed by atoms with Crippen molar-refractivity contribution in [3.8, 4) is 0 Å². The van der Waals surface area contributed by atoms with Crippen LogP contribution in [0.5, 0.6) is 0 Å². The highest BCUT2D eigenvalue weighted by Gasteiger charge is 2.59. The number of carbonyl (C=O) groups is 3. The van der Waals surface area contributed by atoms with Gasteiger partial charge in [0.25, 0.3) is 0 Å².